The Morgan fingerprint density at radius 3 is 2.50 bits per heavy atom. The van der Waals surface area contributed by atoms with Gasteiger partial charge in [0.1, 0.15) is 23.1 Å². The molecule has 0 spiro atoms. The molecule has 0 amide bonds. The quantitative estimate of drug-likeness (QED) is 0.444. The van der Waals surface area contributed by atoms with Crippen LogP contribution in [-0.4, -0.2) is 12.6 Å². The zero-order valence-corrected chi connectivity index (χ0v) is 13.7. The van der Waals surface area contributed by atoms with Crippen molar-refractivity contribution in [3.63, 3.8) is 0 Å². The molecule has 2 aromatic carbocycles. The Morgan fingerprint density at radius 2 is 1.83 bits per heavy atom. The third-order valence-electron chi connectivity index (χ3n) is 3.04. The molecule has 2 aromatic rings. The molecule has 4 heteroatoms. The van der Waals surface area contributed by atoms with Crippen LogP contribution in [0.25, 0.3) is 6.08 Å². The van der Waals surface area contributed by atoms with E-state index < -0.39 is 5.97 Å². The number of benzene rings is 2. The number of nitrogens with zero attached hydrogens (tertiary/aromatic N) is 1. The Balaban J connectivity index is 2.14. The molecule has 2 rings (SSSR count). The van der Waals surface area contributed by atoms with Gasteiger partial charge in [0, 0.05) is 0 Å². The zero-order valence-electron chi connectivity index (χ0n) is 13.7. The first-order valence-corrected chi connectivity index (χ1v) is 7.70. The summed E-state index contributed by atoms with van der Waals surface area (Å²) in [6.45, 7) is 4.16. The number of rotatable bonds is 6. The lowest BCUT2D eigenvalue weighted by Gasteiger charge is -2.07. The molecule has 122 valence electrons. The molecule has 0 aromatic heterocycles. The summed E-state index contributed by atoms with van der Waals surface area (Å²) in [4.78, 5) is 11.9. The summed E-state index contributed by atoms with van der Waals surface area (Å²) in [6.07, 6.45) is 1.50. The average Bonchev–Trinajstić information content (AvgIpc) is 2.59. The highest BCUT2D eigenvalue weighted by Gasteiger charge is 2.11. The van der Waals surface area contributed by atoms with Gasteiger partial charge in [-0.1, -0.05) is 44.2 Å². The molecular formula is C20H19NO3. The van der Waals surface area contributed by atoms with Gasteiger partial charge < -0.3 is 9.47 Å². The topological polar surface area (TPSA) is 59.3 Å². The molecule has 0 aliphatic heterocycles. The maximum atomic E-state index is 11.9. The van der Waals surface area contributed by atoms with Crippen LogP contribution in [0.2, 0.25) is 0 Å². The van der Waals surface area contributed by atoms with Crippen LogP contribution in [0.3, 0.4) is 0 Å². The van der Waals surface area contributed by atoms with Crippen LogP contribution >= 0.6 is 0 Å². The molecule has 24 heavy (non-hydrogen) atoms. The molecule has 0 aliphatic carbocycles. The number of hydrogen-bond donors (Lipinski definition) is 0. The van der Waals surface area contributed by atoms with E-state index in [9.17, 15) is 10.1 Å². The monoisotopic (exact) mass is 321 g/mol. The Hall–Kier alpha value is -3.06. The first-order chi connectivity index (χ1) is 11.6. The highest BCUT2D eigenvalue weighted by molar-refractivity contribution is 5.97. The minimum atomic E-state index is -0.611. The summed E-state index contributed by atoms with van der Waals surface area (Å²) in [5, 5.41) is 9.18. The minimum Gasteiger partial charge on any atom is -0.461 e. The SMILES string of the molecule is CC(C)COC(=O)C(C#N)=Cc1cccc(Oc2ccccc2)c1. The van der Waals surface area contributed by atoms with Crippen molar-refractivity contribution < 1.29 is 14.3 Å². The largest absolute Gasteiger partial charge is 0.461 e. The highest BCUT2D eigenvalue weighted by Crippen LogP contribution is 2.22. The molecule has 4 nitrogen and oxygen atoms in total. The second-order valence-corrected chi connectivity index (χ2v) is 5.65. The van der Waals surface area contributed by atoms with E-state index in [1.54, 1.807) is 18.2 Å². The molecule has 0 atom stereocenters. The van der Waals surface area contributed by atoms with Crippen LogP contribution in [-0.2, 0) is 9.53 Å². The maximum Gasteiger partial charge on any atom is 0.348 e. The van der Waals surface area contributed by atoms with Crippen molar-refractivity contribution in [3.8, 4) is 17.6 Å². The molecule has 0 aliphatic rings. The summed E-state index contributed by atoms with van der Waals surface area (Å²) < 4.78 is 10.8. The lowest BCUT2D eigenvalue weighted by Crippen LogP contribution is -2.11. The normalized spacial score (nSPS) is 11.0. The Morgan fingerprint density at radius 1 is 1.12 bits per heavy atom. The predicted molar refractivity (Wildman–Crippen MR) is 92.3 cm³/mol. The summed E-state index contributed by atoms with van der Waals surface area (Å²) >= 11 is 0. The van der Waals surface area contributed by atoms with Crippen molar-refractivity contribution in [2.45, 2.75) is 13.8 Å². The molecule has 0 saturated heterocycles. The predicted octanol–water partition coefficient (Wildman–Crippen LogP) is 4.59. The van der Waals surface area contributed by atoms with Crippen LogP contribution < -0.4 is 4.74 Å². The summed E-state index contributed by atoms with van der Waals surface area (Å²) in [7, 11) is 0. The molecular weight excluding hydrogens is 302 g/mol. The van der Waals surface area contributed by atoms with Gasteiger partial charge in [-0.2, -0.15) is 5.26 Å². The molecule has 0 bridgehead atoms. The van der Waals surface area contributed by atoms with Gasteiger partial charge in [0.2, 0.25) is 0 Å². The summed E-state index contributed by atoms with van der Waals surface area (Å²) in [5.41, 5.74) is 0.661. The number of esters is 1. The number of para-hydroxylation sites is 1. The third-order valence-corrected chi connectivity index (χ3v) is 3.04. The second kappa shape index (κ2) is 8.54. The number of ether oxygens (including phenoxy) is 2. The van der Waals surface area contributed by atoms with Gasteiger partial charge in [0.15, 0.2) is 0 Å². The van der Waals surface area contributed by atoms with E-state index in [0.717, 1.165) is 5.75 Å². The molecule has 0 unspecified atom stereocenters. The van der Waals surface area contributed by atoms with Gasteiger partial charge >= 0.3 is 5.97 Å². The van der Waals surface area contributed by atoms with Gasteiger partial charge in [-0.3, -0.25) is 0 Å². The lowest BCUT2D eigenvalue weighted by atomic mass is 10.1. The molecule has 0 saturated carbocycles. The second-order valence-electron chi connectivity index (χ2n) is 5.65. The first kappa shape index (κ1) is 17.3. The van der Waals surface area contributed by atoms with Crippen molar-refractivity contribution in [1.29, 1.82) is 5.26 Å². The Labute approximate surface area is 141 Å². The van der Waals surface area contributed by atoms with Crippen LogP contribution in [0.5, 0.6) is 11.5 Å². The Kier molecular flexibility index (Phi) is 6.16. The first-order valence-electron chi connectivity index (χ1n) is 7.70. The number of nitriles is 1. The van der Waals surface area contributed by atoms with Crippen molar-refractivity contribution in [2.24, 2.45) is 5.92 Å². The van der Waals surface area contributed by atoms with Crippen molar-refractivity contribution in [3.05, 3.63) is 65.7 Å². The van der Waals surface area contributed by atoms with Gasteiger partial charge in [-0.25, -0.2) is 4.79 Å². The molecule has 0 radical (unpaired) electrons. The fourth-order valence-corrected chi connectivity index (χ4v) is 1.92. The fourth-order valence-electron chi connectivity index (χ4n) is 1.92. The maximum absolute atomic E-state index is 11.9. The van der Waals surface area contributed by atoms with Crippen LogP contribution in [0.4, 0.5) is 0 Å². The van der Waals surface area contributed by atoms with E-state index in [1.165, 1.54) is 6.08 Å². The van der Waals surface area contributed by atoms with E-state index in [0.29, 0.717) is 11.3 Å². The number of hydrogen-bond acceptors (Lipinski definition) is 4. The smallest absolute Gasteiger partial charge is 0.348 e. The Bertz CT molecular complexity index is 758. The van der Waals surface area contributed by atoms with Gasteiger partial charge in [-0.05, 0) is 41.8 Å². The van der Waals surface area contributed by atoms with Crippen LogP contribution in [0.15, 0.2) is 60.2 Å². The highest BCUT2D eigenvalue weighted by atomic mass is 16.5. The van der Waals surface area contributed by atoms with Crippen molar-refractivity contribution >= 4 is 12.0 Å². The van der Waals surface area contributed by atoms with E-state index in [-0.39, 0.29) is 18.1 Å². The van der Waals surface area contributed by atoms with Crippen molar-refractivity contribution in [1.82, 2.24) is 0 Å². The third kappa shape index (κ3) is 5.29. The van der Waals surface area contributed by atoms with E-state index in [2.05, 4.69) is 0 Å². The van der Waals surface area contributed by atoms with E-state index in [4.69, 9.17) is 9.47 Å². The van der Waals surface area contributed by atoms with Crippen LogP contribution in [0, 0.1) is 17.2 Å². The standard InChI is InChI=1S/C20H19NO3/c1-15(2)14-23-20(22)17(13-21)11-16-7-6-10-19(12-16)24-18-8-4-3-5-9-18/h3-12,15H,14H2,1-2H3. The van der Waals surface area contributed by atoms with Gasteiger partial charge in [-0.15, -0.1) is 0 Å². The van der Waals surface area contributed by atoms with Gasteiger partial charge in [0.05, 0.1) is 6.61 Å². The zero-order chi connectivity index (χ0) is 17.4. The molecule has 0 N–H and O–H groups in total. The summed E-state index contributed by atoms with van der Waals surface area (Å²) in [5.74, 6) is 0.954. The minimum absolute atomic E-state index is 0.0347. The molecule has 0 fully saturated rings. The van der Waals surface area contributed by atoms with E-state index >= 15 is 0 Å². The van der Waals surface area contributed by atoms with Gasteiger partial charge in [0.25, 0.3) is 0 Å². The van der Waals surface area contributed by atoms with E-state index in [1.807, 2.05) is 56.3 Å². The molecule has 0 heterocycles. The summed E-state index contributed by atoms with van der Waals surface area (Å²) in [6, 6.07) is 18.5. The van der Waals surface area contributed by atoms with Crippen LogP contribution in [0.1, 0.15) is 19.4 Å². The lowest BCUT2D eigenvalue weighted by molar-refractivity contribution is -0.139. The van der Waals surface area contributed by atoms with Crippen molar-refractivity contribution in [2.75, 3.05) is 6.61 Å². The fraction of sp³-hybridized carbons (Fsp3) is 0.200. The number of carbonyl (C=O) groups excluding carboxylic acids is 1. The average molecular weight is 321 g/mol. The number of carbonyl (C=O) groups is 1.